The van der Waals surface area contributed by atoms with E-state index >= 15 is 0 Å². The fourth-order valence-corrected chi connectivity index (χ4v) is 0.605. The highest BCUT2D eigenvalue weighted by Crippen LogP contribution is 2.01. The van der Waals surface area contributed by atoms with Gasteiger partial charge >= 0.3 is 0 Å². The van der Waals surface area contributed by atoms with Crippen molar-refractivity contribution < 1.29 is 9.18 Å². The number of halogens is 1. The van der Waals surface area contributed by atoms with E-state index in [4.69, 9.17) is 0 Å². The van der Waals surface area contributed by atoms with Gasteiger partial charge in [-0.2, -0.15) is 0 Å². The molecule has 0 aliphatic heterocycles. The van der Waals surface area contributed by atoms with Crippen molar-refractivity contribution in [3.05, 3.63) is 24.6 Å². The lowest BCUT2D eigenvalue weighted by molar-refractivity contribution is -0.116. The van der Waals surface area contributed by atoms with Crippen LogP contribution in [0.2, 0.25) is 0 Å². The second-order valence-electron chi connectivity index (χ2n) is 2.73. The molecular weight excluding hydrogens is 157 g/mol. The monoisotopic (exact) mass is 171 g/mol. The molecule has 0 aromatic rings. The van der Waals surface area contributed by atoms with Gasteiger partial charge in [0.05, 0.1) is 0 Å². The molecule has 0 bridgehead atoms. The molecule has 0 atom stereocenters. The maximum atomic E-state index is 12.8. The standard InChI is InChI=1S/C9H14FNO/c1-4-5-9(12)8(10)6-7-11(2)3/h4,6H,1,5,7H2,2-3H3/b8-6+. The van der Waals surface area contributed by atoms with Crippen molar-refractivity contribution in [2.24, 2.45) is 0 Å². The highest BCUT2D eigenvalue weighted by molar-refractivity contribution is 5.94. The van der Waals surface area contributed by atoms with Crippen LogP contribution in [0.25, 0.3) is 0 Å². The van der Waals surface area contributed by atoms with Crippen molar-refractivity contribution in [3.8, 4) is 0 Å². The van der Waals surface area contributed by atoms with E-state index in [1.165, 1.54) is 12.2 Å². The van der Waals surface area contributed by atoms with E-state index in [1.807, 2.05) is 14.1 Å². The Kier molecular flexibility index (Phi) is 5.21. The highest BCUT2D eigenvalue weighted by Gasteiger charge is 2.05. The van der Waals surface area contributed by atoms with Crippen molar-refractivity contribution in [2.75, 3.05) is 20.6 Å². The Morgan fingerprint density at radius 3 is 2.58 bits per heavy atom. The zero-order valence-electron chi connectivity index (χ0n) is 7.51. The lowest BCUT2D eigenvalue weighted by atomic mass is 10.2. The molecule has 12 heavy (non-hydrogen) atoms. The molecule has 0 aliphatic carbocycles. The summed E-state index contributed by atoms with van der Waals surface area (Å²) in [6.07, 6.45) is 2.73. The molecule has 68 valence electrons. The fraction of sp³-hybridized carbons (Fsp3) is 0.444. The number of hydrogen-bond donors (Lipinski definition) is 0. The van der Waals surface area contributed by atoms with E-state index in [0.717, 1.165) is 0 Å². The smallest absolute Gasteiger partial charge is 0.194 e. The first-order valence-electron chi connectivity index (χ1n) is 3.72. The first kappa shape index (κ1) is 11.0. The Balaban J connectivity index is 3.99. The van der Waals surface area contributed by atoms with Gasteiger partial charge in [0.15, 0.2) is 11.6 Å². The van der Waals surface area contributed by atoms with Crippen LogP contribution < -0.4 is 0 Å². The molecule has 0 fully saturated rings. The Morgan fingerprint density at radius 1 is 1.58 bits per heavy atom. The summed E-state index contributed by atoms with van der Waals surface area (Å²) in [6.45, 7) is 3.79. The van der Waals surface area contributed by atoms with E-state index in [9.17, 15) is 9.18 Å². The number of ketones is 1. The summed E-state index contributed by atoms with van der Waals surface area (Å²) in [4.78, 5) is 12.6. The molecule has 0 heterocycles. The molecule has 0 spiro atoms. The average molecular weight is 171 g/mol. The third kappa shape index (κ3) is 4.79. The molecule has 0 aromatic heterocycles. The zero-order chi connectivity index (χ0) is 9.56. The lowest BCUT2D eigenvalue weighted by Crippen LogP contribution is -2.12. The molecule has 0 rings (SSSR count). The third-order valence-electron chi connectivity index (χ3n) is 1.23. The maximum absolute atomic E-state index is 12.8. The Labute approximate surface area is 72.4 Å². The fourth-order valence-electron chi connectivity index (χ4n) is 0.605. The van der Waals surface area contributed by atoms with Gasteiger partial charge in [0.2, 0.25) is 0 Å². The number of carbonyl (C=O) groups is 1. The van der Waals surface area contributed by atoms with Gasteiger partial charge in [-0.05, 0) is 20.2 Å². The van der Waals surface area contributed by atoms with Gasteiger partial charge in [0, 0.05) is 13.0 Å². The molecule has 0 N–H and O–H groups in total. The topological polar surface area (TPSA) is 20.3 Å². The van der Waals surface area contributed by atoms with Gasteiger partial charge in [-0.15, -0.1) is 6.58 Å². The Morgan fingerprint density at radius 2 is 2.17 bits per heavy atom. The summed E-state index contributed by atoms with van der Waals surface area (Å²) < 4.78 is 12.8. The molecule has 3 heteroatoms. The van der Waals surface area contributed by atoms with Crippen LogP contribution in [0.3, 0.4) is 0 Å². The van der Waals surface area contributed by atoms with Gasteiger partial charge in [0.25, 0.3) is 0 Å². The van der Waals surface area contributed by atoms with Crippen LogP contribution in [0.4, 0.5) is 4.39 Å². The first-order chi connectivity index (χ1) is 5.57. The quantitative estimate of drug-likeness (QED) is 0.462. The van der Waals surface area contributed by atoms with Crippen LogP contribution in [0.5, 0.6) is 0 Å². The van der Waals surface area contributed by atoms with E-state index in [0.29, 0.717) is 6.54 Å². The summed E-state index contributed by atoms with van der Waals surface area (Å²) in [5.74, 6) is -1.18. The van der Waals surface area contributed by atoms with Crippen molar-refractivity contribution in [3.63, 3.8) is 0 Å². The number of likely N-dealkylation sites (N-methyl/N-ethyl adjacent to an activating group) is 1. The molecule has 0 aliphatic rings. The molecule has 0 aromatic carbocycles. The second-order valence-corrected chi connectivity index (χ2v) is 2.73. The van der Waals surface area contributed by atoms with Crippen LogP contribution >= 0.6 is 0 Å². The molecule has 0 saturated heterocycles. The first-order valence-corrected chi connectivity index (χ1v) is 3.72. The molecule has 0 amide bonds. The third-order valence-corrected chi connectivity index (χ3v) is 1.23. The zero-order valence-corrected chi connectivity index (χ0v) is 7.51. The largest absolute Gasteiger partial charge is 0.306 e. The van der Waals surface area contributed by atoms with Gasteiger partial charge in [0.1, 0.15) is 0 Å². The molecule has 0 saturated carbocycles. The van der Waals surface area contributed by atoms with Crippen molar-refractivity contribution >= 4 is 5.78 Å². The van der Waals surface area contributed by atoms with Gasteiger partial charge in [-0.1, -0.05) is 6.08 Å². The summed E-state index contributed by atoms with van der Waals surface area (Å²) in [7, 11) is 3.61. The Hall–Kier alpha value is -0.960. The van der Waals surface area contributed by atoms with Crippen LogP contribution in [-0.2, 0) is 4.79 Å². The average Bonchev–Trinajstić information content (AvgIpc) is 2.00. The van der Waals surface area contributed by atoms with Crippen molar-refractivity contribution in [2.45, 2.75) is 6.42 Å². The molecule has 2 nitrogen and oxygen atoms in total. The van der Waals surface area contributed by atoms with Crippen molar-refractivity contribution in [1.29, 1.82) is 0 Å². The normalized spacial score (nSPS) is 11.8. The predicted octanol–water partition coefficient (Wildman–Crippen LogP) is 1.55. The van der Waals surface area contributed by atoms with Crippen LogP contribution in [0, 0.1) is 0 Å². The van der Waals surface area contributed by atoms with E-state index in [1.54, 1.807) is 4.90 Å². The van der Waals surface area contributed by atoms with Crippen LogP contribution in [0.15, 0.2) is 24.6 Å². The SMILES string of the molecule is C=CCC(=O)/C(F)=C\CN(C)C. The molecule has 0 unspecified atom stereocenters. The van der Waals surface area contributed by atoms with E-state index in [2.05, 4.69) is 6.58 Å². The highest BCUT2D eigenvalue weighted by atomic mass is 19.1. The van der Waals surface area contributed by atoms with Gasteiger partial charge < -0.3 is 4.90 Å². The van der Waals surface area contributed by atoms with Crippen LogP contribution in [0.1, 0.15) is 6.42 Å². The number of carbonyl (C=O) groups excluding carboxylic acids is 1. The molecular formula is C9H14FNO. The van der Waals surface area contributed by atoms with Crippen LogP contribution in [-0.4, -0.2) is 31.3 Å². The maximum Gasteiger partial charge on any atom is 0.194 e. The lowest BCUT2D eigenvalue weighted by Gasteiger charge is -2.03. The second kappa shape index (κ2) is 5.66. The minimum Gasteiger partial charge on any atom is -0.306 e. The van der Waals surface area contributed by atoms with E-state index < -0.39 is 11.6 Å². The number of rotatable bonds is 5. The molecule has 0 radical (unpaired) electrons. The number of hydrogen-bond acceptors (Lipinski definition) is 2. The Bertz CT molecular complexity index is 197. The summed E-state index contributed by atoms with van der Waals surface area (Å²) >= 11 is 0. The minimum absolute atomic E-state index is 0.0652. The number of nitrogens with zero attached hydrogens (tertiary/aromatic N) is 1. The van der Waals surface area contributed by atoms with Crippen molar-refractivity contribution in [1.82, 2.24) is 4.90 Å². The minimum atomic E-state index is -0.677. The van der Waals surface area contributed by atoms with Gasteiger partial charge in [-0.25, -0.2) is 4.39 Å². The summed E-state index contributed by atoms with van der Waals surface area (Å²) in [5.41, 5.74) is 0. The number of Topliss-reactive ketones (excluding diaryl/α,β-unsaturated/α-hetero) is 1. The predicted molar refractivity (Wildman–Crippen MR) is 47.6 cm³/mol. The number of allylic oxidation sites excluding steroid dienone is 2. The summed E-state index contributed by atoms with van der Waals surface area (Å²) in [6, 6.07) is 0. The van der Waals surface area contributed by atoms with Gasteiger partial charge in [-0.3, -0.25) is 4.79 Å². The van der Waals surface area contributed by atoms with E-state index in [-0.39, 0.29) is 6.42 Å². The summed E-state index contributed by atoms with van der Waals surface area (Å²) in [5, 5.41) is 0.